The first-order chi connectivity index (χ1) is 9.28. The summed E-state index contributed by atoms with van der Waals surface area (Å²) >= 11 is 1.39. The molecule has 1 aromatic carbocycles. The lowest BCUT2D eigenvalue weighted by Gasteiger charge is -2.21. The van der Waals surface area contributed by atoms with Gasteiger partial charge in [-0.05, 0) is 26.0 Å². The van der Waals surface area contributed by atoms with Crippen molar-refractivity contribution in [3.8, 4) is 0 Å². The predicted molar refractivity (Wildman–Crippen MR) is 77.8 cm³/mol. The SMILES string of the molecule is Cc1ccc(SCC(=O)NCC(C)(O)CC(=O)O)cc1. The molecule has 20 heavy (non-hydrogen) atoms. The van der Waals surface area contributed by atoms with Crippen molar-refractivity contribution in [3.05, 3.63) is 29.8 Å². The number of aliphatic hydroxyl groups is 1. The molecule has 110 valence electrons. The third-order valence-electron chi connectivity index (χ3n) is 2.59. The van der Waals surface area contributed by atoms with Gasteiger partial charge in [0.05, 0.1) is 17.8 Å². The molecule has 0 fully saturated rings. The molecule has 6 heteroatoms. The minimum atomic E-state index is -1.43. The fourth-order valence-electron chi connectivity index (χ4n) is 1.51. The number of carboxylic acid groups (broad SMARTS) is 1. The Hall–Kier alpha value is -1.53. The molecular weight excluding hydrogens is 278 g/mol. The fourth-order valence-corrected chi connectivity index (χ4v) is 2.24. The number of carbonyl (C=O) groups excluding carboxylic acids is 1. The van der Waals surface area contributed by atoms with Crippen LogP contribution < -0.4 is 5.32 Å². The number of hydrogen-bond acceptors (Lipinski definition) is 4. The van der Waals surface area contributed by atoms with Gasteiger partial charge in [-0.2, -0.15) is 0 Å². The van der Waals surface area contributed by atoms with Crippen molar-refractivity contribution in [2.24, 2.45) is 0 Å². The minimum absolute atomic E-state index is 0.0768. The largest absolute Gasteiger partial charge is 0.481 e. The molecular formula is C14H19NO4S. The molecule has 0 aliphatic carbocycles. The standard InChI is InChI=1S/C14H19NO4S/c1-10-3-5-11(6-4-10)20-8-12(16)15-9-14(2,19)7-13(17)18/h3-6,19H,7-9H2,1-2H3,(H,15,16)(H,17,18). The molecule has 1 atom stereocenters. The molecule has 1 amide bonds. The molecule has 5 nitrogen and oxygen atoms in total. The van der Waals surface area contributed by atoms with E-state index in [1.54, 1.807) is 0 Å². The van der Waals surface area contributed by atoms with Gasteiger partial charge < -0.3 is 15.5 Å². The quantitative estimate of drug-likeness (QED) is 0.663. The lowest BCUT2D eigenvalue weighted by atomic mass is 10.0. The Labute approximate surface area is 122 Å². The van der Waals surface area contributed by atoms with Crippen LogP contribution in [0.15, 0.2) is 29.2 Å². The van der Waals surface area contributed by atoms with Gasteiger partial charge in [-0.3, -0.25) is 9.59 Å². The van der Waals surface area contributed by atoms with Gasteiger partial charge in [0, 0.05) is 11.4 Å². The highest BCUT2D eigenvalue weighted by Gasteiger charge is 2.24. The Morgan fingerprint density at radius 3 is 2.45 bits per heavy atom. The van der Waals surface area contributed by atoms with Crippen LogP contribution in [0.25, 0.3) is 0 Å². The second-order valence-electron chi connectivity index (χ2n) is 4.95. The van der Waals surface area contributed by atoms with Gasteiger partial charge in [0.1, 0.15) is 0 Å². The van der Waals surface area contributed by atoms with E-state index in [0.717, 1.165) is 10.5 Å². The van der Waals surface area contributed by atoms with Crippen molar-refractivity contribution in [2.45, 2.75) is 30.8 Å². The van der Waals surface area contributed by atoms with Crippen LogP contribution in [0.5, 0.6) is 0 Å². The van der Waals surface area contributed by atoms with E-state index in [1.807, 2.05) is 31.2 Å². The summed E-state index contributed by atoms with van der Waals surface area (Å²) in [5.41, 5.74) is -0.278. The number of aryl methyl sites for hydroxylation is 1. The van der Waals surface area contributed by atoms with Gasteiger partial charge in [-0.15, -0.1) is 11.8 Å². The molecule has 1 rings (SSSR count). The molecule has 0 saturated carbocycles. The highest BCUT2D eigenvalue weighted by Crippen LogP contribution is 2.17. The van der Waals surface area contributed by atoms with E-state index < -0.39 is 18.0 Å². The van der Waals surface area contributed by atoms with Gasteiger partial charge >= 0.3 is 5.97 Å². The fraction of sp³-hybridized carbons (Fsp3) is 0.429. The molecule has 0 aliphatic heterocycles. The molecule has 0 aliphatic rings. The van der Waals surface area contributed by atoms with Crippen LogP contribution in [0, 0.1) is 6.92 Å². The molecule has 0 bridgehead atoms. The number of hydrogen-bond donors (Lipinski definition) is 3. The van der Waals surface area contributed by atoms with Gasteiger partial charge in [-0.1, -0.05) is 17.7 Å². The Morgan fingerprint density at radius 2 is 1.90 bits per heavy atom. The van der Waals surface area contributed by atoms with E-state index in [1.165, 1.54) is 18.7 Å². The van der Waals surface area contributed by atoms with Crippen LogP contribution in [-0.4, -0.2) is 40.0 Å². The zero-order chi connectivity index (χ0) is 15.2. The molecule has 0 saturated heterocycles. The normalized spacial score (nSPS) is 13.6. The smallest absolute Gasteiger partial charge is 0.306 e. The summed E-state index contributed by atoms with van der Waals surface area (Å²) in [4.78, 5) is 23.1. The van der Waals surface area contributed by atoms with Crippen molar-refractivity contribution in [2.75, 3.05) is 12.3 Å². The molecule has 0 heterocycles. The first-order valence-electron chi connectivity index (χ1n) is 6.19. The number of nitrogens with one attached hydrogen (secondary N) is 1. The Kier molecular flexibility index (Phi) is 6.04. The summed E-state index contributed by atoms with van der Waals surface area (Å²) in [7, 11) is 0. The van der Waals surface area contributed by atoms with Crippen LogP contribution in [0.4, 0.5) is 0 Å². The number of carbonyl (C=O) groups is 2. The molecule has 0 aromatic heterocycles. The van der Waals surface area contributed by atoms with E-state index >= 15 is 0 Å². The van der Waals surface area contributed by atoms with Gasteiger partial charge in [0.15, 0.2) is 0 Å². The minimum Gasteiger partial charge on any atom is -0.481 e. The van der Waals surface area contributed by atoms with Crippen LogP contribution in [-0.2, 0) is 9.59 Å². The molecule has 1 unspecified atom stereocenters. The zero-order valence-electron chi connectivity index (χ0n) is 11.5. The molecule has 0 spiro atoms. The zero-order valence-corrected chi connectivity index (χ0v) is 12.4. The van der Waals surface area contributed by atoms with E-state index in [-0.39, 0.29) is 18.2 Å². The monoisotopic (exact) mass is 297 g/mol. The summed E-state index contributed by atoms with van der Waals surface area (Å²) in [5.74, 6) is -1.11. The van der Waals surface area contributed by atoms with E-state index in [4.69, 9.17) is 5.11 Å². The first-order valence-corrected chi connectivity index (χ1v) is 7.17. The van der Waals surface area contributed by atoms with E-state index in [2.05, 4.69) is 5.32 Å². The van der Waals surface area contributed by atoms with E-state index in [9.17, 15) is 14.7 Å². The van der Waals surface area contributed by atoms with Crippen molar-refractivity contribution >= 4 is 23.6 Å². The van der Waals surface area contributed by atoms with Crippen LogP contribution in [0.2, 0.25) is 0 Å². The summed E-state index contributed by atoms with van der Waals surface area (Å²) in [5, 5.41) is 20.9. The van der Waals surface area contributed by atoms with Gasteiger partial charge in [0.2, 0.25) is 5.91 Å². The second kappa shape index (κ2) is 7.31. The van der Waals surface area contributed by atoms with Gasteiger partial charge in [-0.25, -0.2) is 0 Å². The molecule has 0 radical (unpaired) electrons. The Balaban J connectivity index is 2.33. The van der Waals surface area contributed by atoms with Crippen LogP contribution in [0.1, 0.15) is 18.9 Å². The third kappa shape index (κ3) is 6.58. The lowest BCUT2D eigenvalue weighted by Crippen LogP contribution is -2.42. The van der Waals surface area contributed by atoms with Crippen molar-refractivity contribution in [1.29, 1.82) is 0 Å². The van der Waals surface area contributed by atoms with Crippen molar-refractivity contribution in [1.82, 2.24) is 5.32 Å². The van der Waals surface area contributed by atoms with Crippen molar-refractivity contribution in [3.63, 3.8) is 0 Å². The number of benzene rings is 1. The molecule has 1 aromatic rings. The van der Waals surface area contributed by atoms with E-state index in [0.29, 0.717) is 0 Å². The summed E-state index contributed by atoms with van der Waals surface area (Å²) in [6, 6.07) is 7.82. The maximum atomic E-state index is 11.6. The maximum absolute atomic E-state index is 11.6. The highest BCUT2D eigenvalue weighted by atomic mass is 32.2. The average molecular weight is 297 g/mol. The topological polar surface area (TPSA) is 86.6 Å². The number of rotatable bonds is 7. The summed E-state index contributed by atoms with van der Waals surface area (Å²) in [6.07, 6.45) is -0.404. The Bertz CT molecular complexity index is 471. The second-order valence-corrected chi connectivity index (χ2v) is 5.99. The Morgan fingerprint density at radius 1 is 1.30 bits per heavy atom. The average Bonchev–Trinajstić information content (AvgIpc) is 2.34. The summed E-state index contributed by atoms with van der Waals surface area (Å²) in [6.45, 7) is 3.30. The van der Waals surface area contributed by atoms with Crippen LogP contribution >= 0.6 is 11.8 Å². The maximum Gasteiger partial charge on any atom is 0.306 e. The van der Waals surface area contributed by atoms with Crippen LogP contribution in [0.3, 0.4) is 0 Å². The number of amides is 1. The first kappa shape index (κ1) is 16.5. The van der Waals surface area contributed by atoms with Gasteiger partial charge in [0.25, 0.3) is 0 Å². The highest BCUT2D eigenvalue weighted by molar-refractivity contribution is 8.00. The number of aliphatic carboxylic acids is 1. The predicted octanol–water partition coefficient (Wildman–Crippen LogP) is 1.43. The number of carboxylic acids is 1. The summed E-state index contributed by atoms with van der Waals surface area (Å²) < 4.78 is 0. The van der Waals surface area contributed by atoms with Crippen molar-refractivity contribution < 1.29 is 19.8 Å². The number of thioether (sulfide) groups is 1. The third-order valence-corrected chi connectivity index (χ3v) is 3.60. The molecule has 3 N–H and O–H groups in total. The lowest BCUT2D eigenvalue weighted by molar-refractivity contribution is -0.142.